The van der Waals surface area contributed by atoms with E-state index in [9.17, 15) is 5.11 Å². The van der Waals surface area contributed by atoms with Crippen LogP contribution >= 0.6 is 0 Å². The number of nitrogens with one attached hydrogen (secondary N) is 1. The molecule has 4 atom stereocenters. The molecule has 0 aromatic heterocycles. The zero-order valence-electron chi connectivity index (χ0n) is 7.92. The first kappa shape index (κ1) is 8.52. The van der Waals surface area contributed by atoms with Gasteiger partial charge in [-0.25, -0.2) is 0 Å². The summed E-state index contributed by atoms with van der Waals surface area (Å²) in [4.78, 5) is 1.57. The van der Waals surface area contributed by atoms with Gasteiger partial charge in [-0.05, 0) is 25.7 Å². The second-order valence-electron chi connectivity index (χ2n) is 4.52. The maximum absolute atomic E-state index is 9.85. The lowest BCUT2D eigenvalue weighted by Crippen LogP contribution is -3.16. The standard InChI is InChI=1S/C10H19NO/c1-11-7-3-5-8-4-2-6-9(12)10(8)11/h8-10,12H,2-7H2,1H3/p+1/t8-,9+,10+/m0/s1. The second-order valence-corrected chi connectivity index (χ2v) is 4.52. The number of aliphatic hydroxyl groups is 1. The van der Waals surface area contributed by atoms with Gasteiger partial charge in [0.2, 0.25) is 0 Å². The monoisotopic (exact) mass is 170 g/mol. The Labute approximate surface area is 74.6 Å². The molecule has 0 radical (unpaired) electrons. The number of rotatable bonds is 0. The molecule has 2 N–H and O–H groups in total. The summed E-state index contributed by atoms with van der Waals surface area (Å²) in [7, 11) is 2.24. The number of fused-ring (bicyclic) bond motifs is 1. The van der Waals surface area contributed by atoms with Crippen molar-refractivity contribution in [1.82, 2.24) is 0 Å². The molecule has 2 rings (SSSR count). The van der Waals surface area contributed by atoms with E-state index in [-0.39, 0.29) is 6.10 Å². The van der Waals surface area contributed by atoms with E-state index in [0.29, 0.717) is 6.04 Å². The number of hydrogen-bond acceptors (Lipinski definition) is 1. The average molecular weight is 170 g/mol. The van der Waals surface area contributed by atoms with Crippen molar-refractivity contribution in [1.29, 1.82) is 0 Å². The first-order valence-corrected chi connectivity index (χ1v) is 5.29. The van der Waals surface area contributed by atoms with Crippen molar-refractivity contribution in [2.45, 2.75) is 44.2 Å². The van der Waals surface area contributed by atoms with Gasteiger partial charge in [-0.15, -0.1) is 0 Å². The van der Waals surface area contributed by atoms with E-state index >= 15 is 0 Å². The zero-order chi connectivity index (χ0) is 8.55. The van der Waals surface area contributed by atoms with Gasteiger partial charge in [0.1, 0.15) is 12.1 Å². The van der Waals surface area contributed by atoms with Crippen LogP contribution in [0.15, 0.2) is 0 Å². The number of likely N-dealkylation sites (tertiary alicyclic amines) is 1. The zero-order valence-corrected chi connectivity index (χ0v) is 7.92. The molecule has 2 aliphatic rings. The largest absolute Gasteiger partial charge is 0.387 e. The summed E-state index contributed by atoms with van der Waals surface area (Å²) in [6.45, 7) is 1.26. The van der Waals surface area contributed by atoms with Crippen molar-refractivity contribution in [3.63, 3.8) is 0 Å². The van der Waals surface area contributed by atoms with Crippen molar-refractivity contribution >= 4 is 0 Å². The van der Waals surface area contributed by atoms with Gasteiger partial charge < -0.3 is 10.0 Å². The minimum absolute atomic E-state index is 0.0101. The molecule has 1 heterocycles. The van der Waals surface area contributed by atoms with E-state index < -0.39 is 0 Å². The molecule has 1 saturated carbocycles. The predicted molar refractivity (Wildman–Crippen MR) is 48.1 cm³/mol. The van der Waals surface area contributed by atoms with Crippen molar-refractivity contribution in [3.05, 3.63) is 0 Å². The molecule has 0 bridgehead atoms. The molecule has 0 aromatic rings. The lowest BCUT2D eigenvalue weighted by atomic mass is 9.77. The van der Waals surface area contributed by atoms with E-state index in [0.717, 1.165) is 12.3 Å². The van der Waals surface area contributed by atoms with Crippen molar-refractivity contribution in [3.8, 4) is 0 Å². The normalized spacial score (nSPS) is 48.5. The van der Waals surface area contributed by atoms with Crippen LogP contribution in [0.25, 0.3) is 0 Å². The first-order valence-electron chi connectivity index (χ1n) is 5.29. The highest BCUT2D eigenvalue weighted by atomic mass is 16.3. The third-order valence-corrected chi connectivity index (χ3v) is 3.71. The molecule has 1 aliphatic carbocycles. The molecule has 0 amide bonds. The Hall–Kier alpha value is -0.0800. The molecule has 0 aromatic carbocycles. The molecular formula is C10H20NO+. The molecule has 2 nitrogen and oxygen atoms in total. The fourth-order valence-electron chi connectivity index (χ4n) is 3.13. The Morgan fingerprint density at radius 2 is 1.92 bits per heavy atom. The van der Waals surface area contributed by atoms with Crippen molar-refractivity contribution in [2.75, 3.05) is 13.6 Å². The van der Waals surface area contributed by atoms with Crippen molar-refractivity contribution < 1.29 is 10.0 Å². The third kappa shape index (κ3) is 1.38. The maximum Gasteiger partial charge on any atom is 0.116 e. The van der Waals surface area contributed by atoms with E-state index in [1.54, 1.807) is 4.90 Å². The number of piperidine rings is 1. The fraction of sp³-hybridized carbons (Fsp3) is 1.00. The smallest absolute Gasteiger partial charge is 0.116 e. The van der Waals surface area contributed by atoms with Crippen LogP contribution in [0, 0.1) is 5.92 Å². The summed E-state index contributed by atoms with van der Waals surface area (Å²) in [5, 5.41) is 9.85. The Morgan fingerprint density at radius 1 is 1.17 bits per heavy atom. The summed E-state index contributed by atoms with van der Waals surface area (Å²) in [5.41, 5.74) is 0. The molecule has 0 spiro atoms. The van der Waals surface area contributed by atoms with Gasteiger partial charge in [0, 0.05) is 5.92 Å². The quantitative estimate of drug-likeness (QED) is 0.518. The molecular weight excluding hydrogens is 150 g/mol. The van der Waals surface area contributed by atoms with Crippen LogP contribution in [0.1, 0.15) is 32.1 Å². The highest BCUT2D eigenvalue weighted by molar-refractivity contribution is 4.83. The number of quaternary nitrogens is 1. The lowest BCUT2D eigenvalue weighted by molar-refractivity contribution is -0.920. The highest BCUT2D eigenvalue weighted by Gasteiger charge is 2.40. The van der Waals surface area contributed by atoms with E-state index in [1.165, 1.54) is 32.2 Å². The van der Waals surface area contributed by atoms with Gasteiger partial charge in [0.05, 0.1) is 13.6 Å². The molecule has 12 heavy (non-hydrogen) atoms. The predicted octanol–water partition coefficient (Wildman–Crippen LogP) is -0.175. The molecule has 2 heteroatoms. The molecule has 1 aliphatic heterocycles. The summed E-state index contributed by atoms with van der Waals surface area (Å²) < 4.78 is 0. The van der Waals surface area contributed by atoms with Gasteiger partial charge in [-0.2, -0.15) is 0 Å². The van der Waals surface area contributed by atoms with E-state index in [2.05, 4.69) is 7.05 Å². The average Bonchev–Trinajstić information content (AvgIpc) is 2.04. The minimum Gasteiger partial charge on any atom is -0.387 e. The van der Waals surface area contributed by atoms with Crippen LogP contribution in [0.3, 0.4) is 0 Å². The van der Waals surface area contributed by atoms with E-state index in [1.807, 2.05) is 0 Å². The Balaban J connectivity index is 2.07. The van der Waals surface area contributed by atoms with Gasteiger partial charge >= 0.3 is 0 Å². The molecule has 70 valence electrons. The lowest BCUT2D eigenvalue weighted by Gasteiger charge is -2.41. The Kier molecular flexibility index (Phi) is 2.37. The maximum atomic E-state index is 9.85. The van der Waals surface area contributed by atoms with Gasteiger partial charge in [-0.1, -0.05) is 6.42 Å². The topological polar surface area (TPSA) is 24.7 Å². The van der Waals surface area contributed by atoms with Crippen molar-refractivity contribution in [2.24, 2.45) is 5.92 Å². The van der Waals surface area contributed by atoms with Crippen LogP contribution in [-0.4, -0.2) is 30.8 Å². The van der Waals surface area contributed by atoms with Crippen LogP contribution in [0.2, 0.25) is 0 Å². The summed E-state index contributed by atoms with van der Waals surface area (Å²) in [6, 6.07) is 0.562. The number of likely N-dealkylation sites (N-methyl/N-ethyl adjacent to an activating group) is 1. The summed E-state index contributed by atoms with van der Waals surface area (Å²) in [6.07, 6.45) is 6.36. The third-order valence-electron chi connectivity index (χ3n) is 3.71. The van der Waals surface area contributed by atoms with Gasteiger partial charge in [0.25, 0.3) is 0 Å². The fourth-order valence-corrected chi connectivity index (χ4v) is 3.13. The second kappa shape index (κ2) is 3.35. The summed E-state index contributed by atoms with van der Waals surface area (Å²) >= 11 is 0. The molecule has 1 unspecified atom stereocenters. The summed E-state index contributed by atoms with van der Waals surface area (Å²) in [5.74, 6) is 0.822. The van der Waals surface area contributed by atoms with Crippen LogP contribution < -0.4 is 4.90 Å². The SMILES string of the molecule is C[NH+]1CCC[C@@H]2CCC[C@@H](O)[C@@H]21. The van der Waals surface area contributed by atoms with Crippen LogP contribution in [0.4, 0.5) is 0 Å². The van der Waals surface area contributed by atoms with Gasteiger partial charge in [0.15, 0.2) is 0 Å². The number of aliphatic hydroxyl groups excluding tert-OH is 1. The minimum atomic E-state index is -0.0101. The van der Waals surface area contributed by atoms with Crippen LogP contribution in [0.5, 0.6) is 0 Å². The Bertz CT molecular complexity index is 144. The molecule has 2 fully saturated rings. The van der Waals surface area contributed by atoms with Crippen LogP contribution in [-0.2, 0) is 0 Å². The Morgan fingerprint density at radius 3 is 2.67 bits per heavy atom. The molecule has 1 saturated heterocycles. The van der Waals surface area contributed by atoms with Gasteiger partial charge in [-0.3, -0.25) is 0 Å². The number of hydrogen-bond donors (Lipinski definition) is 2. The van der Waals surface area contributed by atoms with E-state index in [4.69, 9.17) is 0 Å². The first-order chi connectivity index (χ1) is 5.79. The highest BCUT2D eigenvalue weighted by Crippen LogP contribution is 2.28.